The van der Waals surface area contributed by atoms with Gasteiger partial charge < -0.3 is 25.7 Å². The molecule has 0 aliphatic heterocycles. The number of hydrogen-bond acceptors (Lipinski definition) is 8. The number of carbonyl (C=O) groups excluding carboxylic acids is 1. The molecule has 1 aromatic carbocycles. The van der Waals surface area contributed by atoms with E-state index >= 15 is 0 Å². The van der Waals surface area contributed by atoms with Crippen LogP contribution in [0.15, 0.2) is 12.1 Å². The van der Waals surface area contributed by atoms with Crippen molar-refractivity contribution in [1.82, 2.24) is 9.97 Å². The SMILES string of the molecule is COC(=O)c1cc(OC)c(Cc2c(N)nc(N)nc2Cl)c(OC)c1. The number of carbonyl (C=O) groups is 1. The Morgan fingerprint density at radius 1 is 1.08 bits per heavy atom. The molecule has 0 atom stereocenters. The Kier molecular flexibility index (Phi) is 5.30. The van der Waals surface area contributed by atoms with Gasteiger partial charge in [-0.15, -0.1) is 0 Å². The average Bonchev–Trinajstić information content (AvgIpc) is 2.56. The Morgan fingerprint density at radius 2 is 1.67 bits per heavy atom. The number of ether oxygens (including phenoxy) is 3. The van der Waals surface area contributed by atoms with Crippen molar-refractivity contribution < 1.29 is 19.0 Å². The van der Waals surface area contributed by atoms with Crippen molar-refractivity contribution in [3.05, 3.63) is 34.0 Å². The summed E-state index contributed by atoms with van der Waals surface area (Å²) in [5.41, 5.74) is 12.8. The van der Waals surface area contributed by atoms with Crippen molar-refractivity contribution in [2.75, 3.05) is 32.8 Å². The smallest absolute Gasteiger partial charge is 0.338 e. The molecule has 0 aliphatic rings. The van der Waals surface area contributed by atoms with Crippen LogP contribution in [0, 0.1) is 0 Å². The summed E-state index contributed by atoms with van der Waals surface area (Å²) in [6.45, 7) is 0. The number of halogens is 1. The van der Waals surface area contributed by atoms with Gasteiger partial charge in [0.15, 0.2) is 0 Å². The molecule has 8 nitrogen and oxygen atoms in total. The maximum atomic E-state index is 11.8. The second kappa shape index (κ2) is 7.22. The summed E-state index contributed by atoms with van der Waals surface area (Å²) in [5.74, 6) is 0.477. The molecule has 0 fully saturated rings. The Bertz CT molecular complexity index is 734. The summed E-state index contributed by atoms with van der Waals surface area (Å²) in [7, 11) is 4.24. The van der Waals surface area contributed by atoms with Gasteiger partial charge in [0, 0.05) is 17.5 Å². The lowest BCUT2D eigenvalue weighted by Crippen LogP contribution is -2.08. The highest BCUT2D eigenvalue weighted by Crippen LogP contribution is 2.35. The van der Waals surface area contributed by atoms with E-state index in [2.05, 4.69) is 9.97 Å². The molecule has 2 aromatic rings. The lowest BCUT2D eigenvalue weighted by Gasteiger charge is -2.16. The Morgan fingerprint density at radius 3 is 2.12 bits per heavy atom. The first-order valence-electron chi connectivity index (χ1n) is 6.81. The van der Waals surface area contributed by atoms with Crippen LogP contribution in [0.25, 0.3) is 0 Å². The van der Waals surface area contributed by atoms with Crippen molar-refractivity contribution in [3.63, 3.8) is 0 Å². The van der Waals surface area contributed by atoms with Gasteiger partial charge in [0.25, 0.3) is 0 Å². The van der Waals surface area contributed by atoms with E-state index in [1.54, 1.807) is 12.1 Å². The highest BCUT2D eigenvalue weighted by molar-refractivity contribution is 6.30. The van der Waals surface area contributed by atoms with Crippen LogP contribution in [-0.2, 0) is 11.2 Å². The molecule has 0 saturated carbocycles. The van der Waals surface area contributed by atoms with Crippen molar-refractivity contribution in [2.45, 2.75) is 6.42 Å². The molecule has 1 heterocycles. The second-order valence-corrected chi connectivity index (χ2v) is 5.12. The van der Waals surface area contributed by atoms with Crippen LogP contribution in [0.3, 0.4) is 0 Å². The first-order valence-corrected chi connectivity index (χ1v) is 7.19. The van der Waals surface area contributed by atoms with E-state index in [9.17, 15) is 4.79 Å². The van der Waals surface area contributed by atoms with E-state index in [0.29, 0.717) is 28.2 Å². The maximum Gasteiger partial charge on any atom is 0.338 e. The Hall–Kier alpha value is -2.74. The molecule has 0 radical (unpaired) electrons. The lowest BCUT2D eigenvalue weighted by atomic mass is 10.0. The lowest BCUT2D eigenvalue weighted by molar-refractivity contribution is 0.0600. The normalized spacial score (nSPS) is 10.3. The first-order chi connectivity index (χ1) is 11.4. The summed E-state index contributed by atoms with van der Waals surface area (Å²) >= 11 is 6.11. The number of methoxy groups -OCH3 is 3. The zero-order valence-electron chi connectivity index (χ0n) is 13.4. The van der Waals surface area contributed by atoms with Gasteiger partial charge in [0.05, 0.1) is 26.9 Å². The van der Waals surface area contributed by atoms with Gasteiger partial charge in [-0.2, -0.15) is 4.98 Å². The second-order valence-electron chi connectivity index (χ2n) is 4.76. The van der Waals surface area contributed by atoms with Gasteiger partial charge in [0.1, 0.15) is 22.5 Å². The van der Waals surface area contributed by atoms with E-state index in [4.69, 9.17) is 37.3 Å². The number of hydrogen-bond donors (Lipinski definition) is 2. The van der Waals surface area contributed by atoms with Gasteiger partial charge in [-0.1, -0.05) is 11.6 Å². The van der Waals surface area contributed by atoms with Gasteiger partial charge in [-0.3, -0.25) is 0 Å². The summed E-state index contributed by atoms with van der Waals surface area (Å²) in [6.07, 6.45) is 0.235. The van der Waals surface area contributed by atoms with Gasteiger partial charge >= 0.3 is 5.97 Å². The van der Waals surface area contributed by atoms with Crippen LogP contribution in [0.2, 0.25) is 5.15 Å². The van der Waals surface area contributed by atoms with Crippen LogP contribution < -0.4 is 20.9 Å². The van der Waals surface area contributed by atoms with Crippen LogP contribution >= 0.6 is 11.6 Å². The molecular weight excluding hydrogens is 336 g/mol. The molecule has 0 unspecified atom stereocenters. The van der Waals surface area contributed by atoms with Crippen molar-refractivity contribution in [2.24, 2.45) is 0 Å². The van der Waals surface area contributed by atoms with Crippen LogP contribution in [0.5, 0.6) is 11.5 Å². The number of anilines is 2. The van der Waals surface area contributed by atoms with Crippen LogP contribution in [0.4, 0.5) is 11.8 Å². The molecule has 1 aromatic heterocycles. The summed E-state index contributed by atoms with van der Waals surface area (Å²) in [5, 5.41) is 0.140. The molecular formula is C15H17ClN4O4. The van der Waals surface area contributed by atoms with E-state index in [0.717, 1.165) is 0 Å². The van der Waals surface area contributed by atoms with Gasteiger partial charge in [0.2, 0.25) is 5.95 Å². The highest BCUT2D eigenvalue weighted by atomic mass is 35.5. The zero-order valence-corrected chi connectivity index (χ0v) is 14.2. The molecule has 0 saturated heterocycles. The summed E-state index contributed by atoms with van der Waals surface area (Å²) in [6, 6.07) is 3.10. The number of nitrogen functional groups attached to an aromatic ring is 2. The maximum absolute atomic E-state index is 11.8. The predicted octanol–water partition coefficient (Wildman–Crippen LogP) is 1.69. The monoisotopic (exact) mass is 352 g/mol. The minimum absolute atomic E-state index is 0.0128. The Labute approximate surface area is 143 Å². The van der Waals surface area contributed by atoms with E-state index in [1.165, 1.54) is 21.3 Å². The molecule has 0 bridgehead atoms. The molecule has 0 aliphatic carbocycles. The third kappa shape index (κ3) is 3.43. The Balaban J connectivity index is 2.56. The largest absolute Gasteiger partial charge is 0.496 e. The fourth-order valence-electron chi connectivity index (χ4n) is 2.22. The number of esters is 1. The molecule has 2 rings (SSSR count). The van der Waals surface area contributed by atoms with Crippen LogP contribution in [-0.4, -0.2) is 37.3 Å². The van der Waals surface area contributed by atoms with E-state index in [-0.39, 0.29) is 23.3 Å². The van der Waals surface area contributed by atoms with E-state index < -0.39 is 5.97 Å². The standard InChI is InChI=1S/C15H17ClN4O4/c1-22-10-4-7(14(21)24-3)5-11(23-2)8(10)6-9-12(16)19-15(18)20-13(9)17/h4-5H,6H2,1-3H3,(H4,17,18,19,20). The molecule has 4 N–H and O–H groups in total. The zero-order chi connectivity index (χ0) is 17.9. The first kappa shape index (κ1) is 17.6. The quantitative estimate of drug-likeness (QED) is 0.615. The van der Waals surface area contributed by atoms with Gasteiger partial charge in [-0.25, -0.2) is 9.78 Å². The summed E-state index contributed by atoms with van der Waals surface area (Å²) < 4.78 is 15.4. The fourth-order valence-corrected chi connectivity index (χ4v) is 2.47. The van der Waals surface area contributed by atoms with E-state index in [1.807, 2.05) is 0 Å². The molecule has 128 valence electrons. The molecule has 24 heavy (non-hydrogen) atoms. The summed E-state index contributed by atoms with van der Waals surface area (Å²) in [4.78, 5) is 19.6. The topological polar surface area (TPSA) is 123 Å². The number of nitrogens with two attached hydrogens (primary N) is 2. The number of rotatable bonds is 5. The molecule has 9 heteroatoms. The number of nitrogens with zero attached hydrogens (tertiary/aromatic N) is 2. The van der Waals surface area contributed by atoms with Crippen molar-refractivity contribution in [1.29, 1.82) is 0 Å². The molecule has 0 amide bonds. The van der Waals surface area contributed by atoms with Crippen LogP contribution in [0.1, 0.15) is 21.5 Å². The fraction of sp³-hybridized carbons (Fsp3) is 0.267. The minimum atomic E-state index is -0.508. The molecule has 0 spiro atoms. The highest BCUT2D eigenvalue weighted by Gasteiger charge is 2.20. The minimum Gasteiger partial charge on any atom is -0.496 e. The number of aromatic nitrogens is 2. The van der Waals surface area contributed by atoms with Crippen molar-refractivity contribution >= 4 is 29.3 Å². The number of benzene rings is 1. The average molecular weight is 353 g/mol. The third-order valence-electron chi connectivity index (χ3n) is 3.39. The van der Waals surface area contributed by atoms with Crippen molar-refractivity contribution in [3.8, 4) is 11.5 Å². The third-order valence-corrected chi connectivity index (χ3v) is 3.70. The van der Waals surface area contributed by atoms with Gasteiger partial charge in [-0.05, 0) is 12.1 Å². The predicted molar refractivity (Wildman–Crippen MR) is 89.6 cm³/mol.